The van der Waals surface area contributed by atoms with Gasteiger partial charge in [0.15, 0.2) is 0 Å². The summed E-state index contributed by atoms with van der Waals surface area (Å²) in [5.41, 5.74) is 9.36. The molecule has 0 aromatic heterocycles. The van der Waals surface area contributed by atoms with Crippen molar-refractivity contribution in [2.24, 2.45) is 5.73 Å². The van der Waals surface area contributed by atoms with Gasteiger partial charge in [-0.1, -0.05) is 30.3 Å². The molecule has 0 radical (unpaired) electrons. The number of nitrogens with zero attached hydrogens (tertiary/aromatic N) is 1. The smallest absolute Gasteiger partial charge is 0.245 e. The summed E-state index contributed by atoms with van der Waals surface area (Å²) in [6.07, 6.45) is 1.97. The van der Waals surface area contributed by atoms with Crippen LogP contribution in [0.2, 0.25) is 0 Å². The van der Waals surface area contributed by atoms with Crippen molar-refractivity contribution in [2.75, 3.05) is 31.8 Å². The van der Waals surface area contributed by atoms with E-state index in [-0.39, 0.29) is 5.91 Å². The topological polar surface area (TPSA) is 76.8 Å². The number of benzene rings is 2. The number of carbonyl (C=O) groups is 1. The largest absolute Gasteiger partial charge is 0.491 e. The van der Waals surface area contributed by atoms with Gasteiger partial charge >= 0.3 is 0 Å². The van der Waals surface area contributed by atoms with E-state index in [0.717, 1.165) is 22.6 Å². The van der Waals surface area contributed by atoms with Gasteiger partial charge < -0.3 is 25.4 Å². The molecule has 1 aliphatic heterocycles. The van der Waals surface area contributed by atoms with Crippen LogP contribution in [0.25, 0.3) is 5.57 Å². The lowest BCUT2D eigenvalue weighted by molar-refractivity contribution is -0.122. The van der Waals surface area contributed by atoms with Gasteiger partial charge in [-0.2, -0.15) is 0 Å². The van der Waals surface area contributed by atoms with E-state index in [0.29, 0.717) is 19.8 Å². The highest BCUT2D eigenvalue weighted by atomic mass is 16.5. The molecule has 1 heterocycles. The maximum absolute atomic E-state index is 12.8. The van der Waals surface area contributed by atoms with E-state index in [2.05, 4.69) is 5.32 Å². The van der Waals surface area contributed by atoms with Gasteiger partial charge in [0.1, 0.15) is 18.4 Å². The fourth-order valence-electron chi connectivity index (χ4n) is 3.32. The van der Waals surface area contributed by atoms with E-state index in [1.807, 2.05) is 72.6 Å². The molecule has 0 fully saturated rings. The zero-order valence-electron chi connectivity index (χ0n) is 16.3. The average molecular weight is 381 g/mol. The number of carbonyl (C=O) groups excluding carboxylic acids is 1. The van der Waals surface area contributed by atoms with Crippen molar-refractivity contribution in [3.05, 3.63) is 66.4 Å². The quantitative estimate of drug-likeness (QED) is 0.687. The minimum atomic E-state index is -0.504. The first kappa shape index (κ1) is 19.9. The van der Waals surface area contributed by atoms with Crippen molar-refractivity contribution < 1.29 is 14.3 Å². The summed E-state index contributed by atoms with van der Waals surface area (Å²) >= 11 is 0. The van der Waals surface area contributed by atoms with Crippen LogP contribution < -0.4 is 20.7 Å². The van der Waals surface area contributed by atoms with Gasteiger partial charge in [0, 0.05) is 25.5 Å². The molecule has 3 N–H and O–H groups in total. The summed E-state index contributed by atoms with van der Waals surface area (Å²) in [5.74, 6) is 0.670. The Kier molecular flexibility index (Phi) is 6.68. The Hall–Kier alpha value is -2.83. The van der Waals surface area contributed by atoms with Crippen LogP contribution >= 0.6 is 0 Å². The Labute approximate surface area is 165 Å². The number of rotatable bonds is 8. The fourth-order valence-corrected chi connectivity index (χ4v) is 3.32. The monoisotopic (exact) mass is 381 g/mol. The van der Waals surface area contributed by atoms with E-state index in [1.165, 1.54) is 0 Å². The second-order valence-corrected chi connectivity index (χ2v) is 6.56. The molecular formula is C22H27N3O3. The summed E-state index contributed by atoms with van der Waals surface area (Å²) in [6, 6.07) is 16.6. The van der Waals surface area contributed by atoms with Crippen LogP contribution in [0, 0.1) is 0 Å². The van der Waals surface area contributed by atoms with Crippen molar-refractivity contribution in [3.63, 3.8) is 0 Å². The molecule has 1 amide bonds. The molecule has 2 aromatic rings. The first-order chi connectivity index (χ1) is 13.7. The van der Waals surface area contributed by atoms with Crippen LogP contribution in [-0.4, -0.2) is 44.9 Å². The number of nitrogens with two attached hydrogens (primary N) is 1. The number of anilines is 1. The first-order valence-corrected chi connectivity index (χ1v) is 9.46. The summed E-state index contributed by atoms with van der Waals surface area (Å²) in [7, 11) is 1.64. The number of amides is 1. The molecule has 6 nitrogen and oxygen atoms in total. The van der Waals surface area contributed by atoms with Crippen molar-refractivity contribution in [3.8, 4) is 5.75 Å². The van der Waals surface area contributed by atoms with Gasteiger partial charge in [0.25, 0.3) is 0 Å². The molecule has 2 atom stereocenters. The van der Waals surface area contributed by atoms with Crippen LogP contribution in [0.15, 0.2) is 60.8 Å². The van der Waals surface area contributed by atoms with E-state index in [1.54, 1.807) is 7.11 Å². The van der Waals surface area contributed by atoms with Crippen molar-refractivity contribution in [1.82, 2.24) is 5.32 Å². The van der Waals surface area contributed by atoms with Crippen molar-refractivity contribution >= 4 is 17.2 Å². The zero-order valence-corrected chi connectivity index (χ0v) is 16.3. The lowest BCUT2D eigenvalue weighted by atomic mass is 9.97. The number of ether oxygens (including phenoxy) is 2. The molecule has 1 aliphatic rings. The van der Waals surface area contributed by atoms with Gasteiger partial charge in [-0.3, -0.25) is 4.79 Å². The minimum absolute atomic E-state index is 0.0856. The number of nitrogens with one attached hydrogen (secondary N) is 1. The SMILES string of the molecule is CCNC(=O)C1C(N)C(c2ccccc2)=CN1c1ccc(OCCOC)cc1. The summed E-state index contributed by atoms with van der Waals surface area (Å²) in [4.78, 5) is 14.7. The van der Waals surface area contributed by atoms with Gasteiger partial charge in [-0.05, 0) is 42.3 Å². The lowest BCUT2D eigenvalue weighted by Gasteiger charge is -2.27. The summed E-state index contributed by atoms with van der Waals surface area (Å²) in [5, 5.41) is 2.90. The fraction of sp³-hybridized carbons (Fsp3) is 0.318. The third kappa shape index (κ3) is 4.35. The Bertz CT molecular complexity index is 806. The predicted octanol–water partition coefficient (Wildman–Crippen LogP) is 2.40. The Morgan fingerprint density at radius 2 is 1.82 bits per heavy atom. The Morgan fingerprint density at radius 3 is 2.46 bits per heavy atom. The molecule has 6 heteroatoms. The molecule has 28 heavy (non-hydrogen) atoms. The molecular weight excluding hydrogens is 354 g/mol. The average Bonchev–Trinajstić information content (AvgIpc) is 3.07. The van der Waals surface area contributed by atoms with E-state index < -0.39 is 12.1 Å². The predicted molar refractivity (Wildman–Crippen MR) is 111 cm³/mol. The van der Waals surface area contributed by atoms with Crippen LogP contribution in [0.5, 0.6) is 5.75 Å². The minimum Gasteiger partial charge on any atom is -0.491 e. The van der Waals surface area contributed by atoms with Crippen LogP contribution in [0.1, 0.15) is 12.5 Å². The van der Waals surface area contributed by atoms with E-state index in [4.69, 9.17) is 15.2 Å². The highest BCUT2D eigenvalue weighted by Crippen LogP contribution is 2.33. The Balaban J connectivity index is 1.88. The maximum atomic E-state index is 12.8. The third-order valence-corrected chi connectivity index (χ3v) is 4.69. The number of hydrogen-bond donors (Lipinski definition) is 2. The van der Waals surface area contributed by atoms with Crippen LogP contribution in [0.4, 0.5) is 5.69 Å². The molecule has 2 aromatic carbocycles. The Morgan fingerprint density at radius 1 is 1.11 bits per heavy atom. The molecule has 0 aliphatic carbocycles. The first-order valence-electron chi connectivity index (χ1n) is 9.46. The normalized spacial score (nSPS) is 18.7. The van der Waals surface area contributed by atoms with Gasteiger partial charge in [-0.15, -0.1) is 0 Å². The highest BCUT2D eigenvalue weighted by Gasteiger charge is 2.39. The molecule has 0 saturated carbocycles. The molecule has 0 bridgehead atoms. The van der Waals surface area contributed by atoms with Gasteiger partial charge in [-0.25, -0.2) is 0 Å². The number of methoxy groups -OCH3 is 1. The summed E-state index contributed by atoms with van der Waals surface area (Å²) < 4.78 is 10.6. The standard InChI is InChI=1S/C22H27N3O3/c1-3-24-22(26)21-20(23)19(16-7-5-4-6-8-16)15-25(21)17-9-11-18(12-10-17)28-14-13-27-2/h4-12,15,20-21H,3,13-14,23H2,1-2H3,(H,24,26). The lowest BCUT2D eigenvalue weighted by Crippen LogP contribution is -2.51. The molecule has 3 rings (SSSR count). The van der Waals surface area contributed by atoms with Gasteiger partial charge in [0.2, 0.25) is 5.91 Å². The van der Waals surface area contributed by atoms with E-state index >= 15 is 0 Å². The number of likely N-dealkylation sites (N-methyl/N-ethyl adjacent to an activating group) is 1. The van der Waals surface area contributed by atoms with Crippen molar-refractivity contribution in [1.29, 1.82) is 0 Å². The molecule has 0 spiro atoms. The van der Waals surface area contributed by atoms with Crippen molar-refractivity contribution in [2.45, 2.75) is 19.0 Å². The summed E-state index contributed by atoms with van der Waals surface area (Å²) in [6.45, 7) is 3.48. The third-order valence-electron chi connectivity index (χ3n) is 4.69. The van der Waals surface area contributed by atoms with Crippen LogP contribution in [0.3, 0.4) is 0 Å². The van der Waals surface area contributed by atoms with Gasteiger partial charge in [0.05, 0.1) is 12.6 Å². The molecule has 148 valence electrons. The molecule has 2 unspecified atom stereocenters. The zero-order chi connectivity index (χ0) is 19.9. The second-order valence-electron chi connectivity index (χ2n) is 6.56. The van der Waals surface area contributed by atoms with E-state index in [9.17, 15) is 4.79 Å². The highest BCUT2D eigenvalue weighted by molar-refractivity contribution is 5.94. The number of hydrogen-bond acceptors (Lipinski definition) is 5. The second kappa shape index (κ2) is 9.39. The maximum Gasteiger partial charge on any atom is 0.245 e. The molecule has 0 saturated heterocycles. The van der Waals surface area contributed by atoms with Crippen LogP contribution in [-0.2, 0) is 9.53 Å².